The highest BCUT2D eigenvalue weighted by atomic mass is 79.9. The summed E-state index contributed by atoms with van der Waals surface area (Å²) < 4.78 is 16.2. The Kier molecular flexibility index (Phi) is 7.67. The lowest BCUT2D eigenvalue weighted by atomic mass is 10.1. The number of esters is 1. The van der Waals surface area contributed by atoms with Crippen LogP contribution < -0.4 is 9.47 Å². The van der Waals surface area contributed by atoms with Gasteiger partial charge >= 0.3 is 5.97 Å². The van der Waals surface area contributed by atoms with Gasteiger partial charge in [0.05, 0.1) is 18.2 Å². The lowest BCUT2D eigenvalue weighted by molar-refractivity contribution is -0.145. The third kappa shape index (κ3) is 5.47. The summed E-state index contributed by atoms with van der Waals surface area (Å²) >= 11 is 3.38. The van der Waals surface area contributed by atoms with Crippen LogP contribution in [0, 0.1) is 11.3 Å². The molecule has 0 spiro atoms. The molecule has 8 heteroatoms. The highest BCUT2D eigenvalue weighted by molar-refractivity contribution is 9.10. The molecule has 0 atom stereocenters. The fraction of sp³-hybridized carbons (Fsp3) is 0.421. The van der Waals surface area contributed by atoms with Crippen molar-refractivity contribution < 1.29 is 23.8 Å². The third-order valence-corrected chi connectivity index (χ3v) is 4.54. The summed E-state index contributed by atoms with van der Waals surface area (Å²) in [6.07, 6.45) is 3.43. The number of halogens is 1. The number of amides is 1. The molecular weight excluding hydrogens is 416 g/mol. The number of hydrogen-bond acceptors (Lipinski definition) is 6. The van der Waals surface area contributed by atoms with Gasteiger partial charge in [0.15, 0.2) is 18.1 Å². The second-order valence-electron chi connectivity index (χ2n) is 5.80. The van der Waals surface area contributed by atoms with Crippen molar-refractivity contribution in [3.63, 3.8) is 0 Å². The van der Waals surface area contributed by atoms with E-state index in [-0.39, 0.29) is 24.7 Å². The predicted octanol–water partition coefficient (Wildman–Crippen LogP) is 2.93. The summed E-state index contributed by atoms with van der Waals surface area (Å²) in [6.45, 7) is 3.07. The van der Waals surface area contributed by atoms with E-state index in [1.807, 2.05) is 6.07 Å². The molecule has 0 N–H and O–H groups in total. The lowest BCUT2D eigenvalue weighted by Crippen LogP contribution is -2.28. The van der Waals surface area contributed by atoms with Crippen molar-refractivity contribution in [2.24, 2.45) is 0 Å². The molecule has 1 aromatic carbocycles. The number of ether oxygens (including phenoxy) is 3. The second-order valence-corrected chi connectivity index (χ2v) is 6.65. The summed E-state index contributed by atoms with van der Waals surface area (Å²) in [7, 11) is 1.47. The first-order chi connectivity index (χ1) is 13.0. The Morgan fingerprint density at radius 1 is 1.33 bits per heavy atom. The molecule has 7 nitrogen and oxygen atoms in total. The van der Waals surface area contributed by atoms with Gasteiger partial charge in [-0.3, -0.25) is 4.79 Å². The number of nitriles is 1. The first-order valence-corrected chi connectivity index (χ1v) is 9.36. The Hall–Kier alpha value is -2.53. The first kappa shape index (κ1) is 20.8. The smallest absolute Gasteiger partial charge is 0.344 e. The minimum Gasteiger partial charge on any atom is -0.493 e. The largest absolute Gasteiger partial charge is 0.493 e. The highest BCUT2D eigenvalue weighted by Gasteiger charge is 2.22. The third-order valence-electron chi connectivity index (χ3n) is 3.95. The van der Waals surface area contributed by atoms with Crippen molar-refractivity contribution in [1.82, 2.24) is 4.90 Å². The Morgan fingerprint density at radius 2 is 2.04 bits per heavy atom. The second kappa shape index (κ2) is 9.97. The van der Waals surface area contributed by atoms with Crippen molar-refractivity contribution in [3.8, 4) is 17.6 Å². The average Bonchev–Trinajstić information content (AvgIpc) is 3.19. The van der Waals surface area contributed by atoms with Gasteiger partial charge in [0.25, 0.3) is 5.91 Å². The molecule has 1 amide bonds. The van der Waals surface area contributed by atoms with E-state index in [2.05, 4.69) is 15.9 Å². The molecule has 27 heavy (non-hydrogen) atoms. The van der Waals surface area contributed by atoms with E-state index in [1.165, 1.54) is 13.2 Å². The lowest BCUT2D eigenvalue weighted by Gasteiger charge is -2.15. The van der Waals surface area contributed by atoms with E-state index in [9.17, 15) is 14.9 Å². The highest BCUT2D eigenvalue weighted by Crippen LogP contribution is 2.37. The molecule has 144 valence electrons. The average molecular weight is 437 g/mol. The van der Waals surface area contributed by atoms with Crippen LogP contribution in [0.25, 0.3) is 6.08 Å². The van der Waals surface area contributed by atoms with Crippen molar-refractivity contribution in [3.05, 3.63) is 27.7 Å². The van der Waals surface area contributed by atoms with Crippen LogP contribution in [0.2, 0.25) is 0 Å². The zero-order valence-corrected chi connectivity index (χ0v) is 16.9. The maximum absolute atomic E-state index is 12.4. The number of methoxy groups -OCH3 is 1. The summed E-state index contributed by atoms with van der Waals surface area (Å²) in [5, 5.41) is 9.38. The number of likely N-dealkylation sites (tertiary alicyclic amines) is 1. The minimum atomic E-state index is -0.488. The maximum atomic E-state index is 12.4. The normalized spacial score (nSPS) is 13.9. The number of nitrogens with zero attached hydrogens (tertiary/aromatic N) is 2. The van der Waals surface area contributed by atoms with Gasteiger partial charge in [0.1, 0.15) is 11.6 Å². The molecule has 0 bridgehead atoms. The Balaban J connectivity index is 2.24. The van der Waals surface area contributed by atoms with Crippen LogP contribution in [0.3, 0.4) is 0 Å². The van der Waals surface area contributed by atoms with E-state index < -0.39 is 5.97 Å². The van der Waals surface area contributed by atoms with Crippen LogP contribution in [0.15, 0.2) is 22.2 Å². The van der Waals surface area contributed by atoms with E-state index >= 15 is 0 Å². The molecule has 1 saturated heterocycles. The van der Waals surface area contributed by atoms with Crippen LogP contribution in [-0.2, 0) is 14.3 Å². The molecular formula is C19H21BrN2O5. The van der Waals surface area contributed by atoms with Crippen LogP contribution in [0.5, 0.6) is 11.5 Å². The number of carbonyl (C=O) groups excluding carboxylic acids is 2. The number of rotatable bonds is 7. The van der Waals surface area contributed by atoms with Gasteiger partial charge in [0.2, 0.25) is 0 Å². The predicted molar refractivity (Wildman–Crippen MR) is 102 cm³/mol. The van der Waals surface area contributed by atoms with Crippen molar-refractivity contribution in [2.75, 3.05) is 33.4 Å². The van der Waals surface area contributed by atoms with Gasteiger partial charge in [-0.2, -0.15) is 5.26 Å². The molecule has 0 unspecified atom stereocenters. The SMILES string of the molecule is CCOC(=O)COc1c(Br)cc(/C=C(\C#N)C(=O)N2CCCC2)cc1OC. The number of hydrogen-bond donors (Lipinski definition) is 0. The molecule has 0 aliphatic carbocycles. The molecule has 0 aromatic heterocycles. The van der Waals surface area contributed by atoms with E-state index in [4.69, 9.17) is 14.2 Å². The summed E-state index contributed by atoms with van der Waals surface area (Å²) in [5.41, 5.74) is 0.664. The molecule has 0 saturated carbocycles. The summed E-state index contributed by atoms with van der Waals surface area (Å²) in [6, 6.07) is 5.31. The monoisotopic (exact) mass is 436 g/mol. The van der Waals surface area contributed by atoms with Gasteiger partial charge < -0.3 is 19.1 Å². The Labute approximate surface area is 166 Å². The topological polar surface area (TPSA) is 88.9 Å². The van der Waals surface area contributed by atoms with E-state index in [0.717, 1.165) is 12.8 Å². The van der Waals surface area contributed by atoms with E-state index in [0.29, 0.717) is 34.6 Å². The number of benzene rings is 1. The van der Waals surface area contributed by atoms with Gasteiger partial charge in [-0.1, -0.05) is 0 Å². The summed E-state index contributed by atoms with van der Waals surface area (Å²) in [4.78, 5) is 25.6. The maximum Gasteiger partial charge on any atom is 0.344 e. The molecule has 0 radical (unpaired) electrons. The van der Waals surface area contributed by atoms with Crippen molar-refractivity contribution >= 4 is 33.9 Å². The molecule has 1 aliphatic heterocycles. The molecule has 1 heterocycles. The van der Waals surface area contributed by atoms with Gasteiger partial charge in [0, 0.05) is 13.1 Å². The quantitative estimate of drug-likeness (QED) is 0.370. The Bertz CT molecular complexity index is 779. The summed E-state index contributed by atoms with van der Waals surface area (Å²) in [5.74, 6) is -0.0518. The minimum absolute atomic E-state index is 0.0612. The molecule has 2 rings (SSSR count). The van der Waals surface area contributed by atoms with Crippen molar-refractivity contribution in [1.29, 1.82) is 5.26 Å². The van der Waals surface area contributed by atoms with Gasteiger partial charge in [-0.15, -0.1) is 0 Å². The number of carbonyl (C=O) groups is 2. The van der Waals surface area contributed by atoms with Crippen LogP contribution in [0.4, 0.5) is 0 Å². The standard InChI is InChI=1S/C19H21BrN2O5/c1-3-26-17(23)12-27-18-15(20)9-13(10-16(18)25-2)8-14(11-21)19(24)22-6-4-5-7-22/h8-10H,3-7,12H2,1-2H3/b14-8+. The zero-order chi connectivity index (χ0) is 19.8. The Morgan fingerprint density at radius 3 is 2.63 bits per heavy atom. The van der Waals surface area contributed by atoms with Crippen molar-refractivity contribution in [2.45, 2.75) is 19.8 Å². The van der Waals surface area contributed by atoms with Gasteiger partial charge in [-0.05, 0) is 59.5 Å². The van der Waals surface area contributed by atoms with Crippen LogP contribution in [-0.4, -0.2) is 50.2 Å². The fourth-order valence-electron chi connectivity index (χ4n) is 2.70. The zero-order valence-electron chi connectivity index (χ0n) is 15.3. The molecule has 1 fully saturated rings. The van der Waals surface area contributed by atoms with Crippen LogP contribution in [0.1, 0.15) is 25.3 Å². The first-order valence-electron chi connectivity index (χ1n) is 8.57. The van der Waals surface area contributed by atoms with Gasteiger partial charge in [-0.25, -0.2) is 4.79 Å². The van der Waals surface area contributed by atoms with E-state index in [1.54, 1.807) is 24.0 Å². The van der Waals surface area contributed by atoms with Crippen LogP contribution >= 0.6 is 15.9 Å². The molecule has 1 aromatic rings. The fourth-order valence-corrected chi connectivity index (χ4v) is 3.27. The molecule has 1 aliphatic rings.